The van der Waals surface area contributed by atoms with Crippen LogP contribution in [0.15, 0.2) is 108 Å². The van der Waals surface area contributed by atoms with E-state index in [2.05, 4.69) is 5.32 Å². The standard InChI is InChI=1S/C33H33Cl2N3O4S/c1-3-36-33(40)31(20-25-11-6-4-7-12-25)37(22-26-13-10-14-27(34)19-26)32(39)23-38(28-18-17-24(2)30(35)21-28)43(41,42)29-15-8-5-9-16-29/h4-19,21,31H,3,20,22-23H2,1-2H3,(H,36,40). The molecule has 0 bridgehead atoms. The zero-order chi connectivity index (χ0) is 31.0. The molecule has 43 heavy (non-hydrogen) atoms. The third-order valence-corrected chi connectivity index (χ3v) is 9.35. The van der Waals surface area contributed by atoms with Gasteiger partial charge in [0.2, 0.25) is 11.8 Å². The Hall–Kier alpha value is -3.85. The third kappa shape index (κ3) is 8.16. The molecule has 0 aliphatic carbocycles. The number of rotatable bonds is 12. The average Bonchev–Trinajstić information content (AvgIpc) is 3.00. The van der Waals surface area contributed by atoms with Crippen molar-refractivity contribution in [2.45, 2.75) is 37.8 Å². The van der Waals surface area contributed by atoms with Crippen LogP contribution < -0.4 is 9.62 Å². The molecule has 0 aromatic heterocycles. The maximum absolute atomic E-state index is 14.4. The molecule has 0 saturated carbocycles. The number of hydrogen-bond donors (Lipinski definition) is 1. The first-order valence-corrected chi connectivity index (χ1v) is 16.0. The lowest BCUT2D eigenvalue weighted by molar-refractivity contribution is -0.140. The number of sulfonamides is 1. The highest BCUT2D eigenvalue weighted by molar-refractivity contribution is 7.92. The minimum atomic E-state index is -4.20. The van der Waals surface area contributed by atoms with E-state index in [1.54, 1.807) is 62.4 Å². The number of carbonyl (C=O) groups is 2. The number of aryl methyl sites for hydroxylation is 1. The van der Waals surface area contributed by atoms with E-state index in [1.807, 2.05) is 36.4 Å². The summed E-state index contributed by atoms with van der Waals surface area (Å²) in [6.45, 7) is 3.43. The van der Waals surface area contributed by atoms with Gasteiger partial charge < -0.3 is 10.2 Å². The van der Waals surface area contributed by atoms with E-state index >= 15 is 0 Å². The lowest BCUT2D eigenvalue weighted by atomic mass is 10.0. The zero-order valence-electron chi connectivity index (χ0n) is 23.9. The second-order valence-electron chi connectivity index (χ2n) is 10.0. The Balaban J connectivity index is 1.81. The fourth-order valence-corrected chi connectivity index (χ4v) is 6.48. The van der Waals surface area contributed by atoms with E-state index in [0.29, 0.717) is 22.2 Å². The number of hydrogen-bond acceptors (Lipinski definition) is 4. The van der Waals surface area contributed by atoms with Crippen molar-refractivity contribution in [1.82, 2.24) is 10.2 Å². The summed E-state index contributed by atoms with van der Waals surface area (Å²) in [5.41, 5.74) is 2.53. The largest absolute Gasteiger partial charge is 0.355 e. The molecule has 1 atom stereocenters. The lowest BCUT2D eigenvalue weighted by Crippen LogP contribution is -2.53. The van der Waals surface area contributed by atoms with Crippen LogP contribution in [0.25, 0.3) is 0 Å². The highest BCUT2D eigenvalue weighted by Crippen LogP contribution is 2.29. The number of carbonyl (C=O) groups excluding carboxylic acids is 2. The van der Waals surface area contributed by atoms with Gasteiger partial charge in [0.1, 0.15) is 12.6 Å². The summed E-state index contributed by atoms with van der Waals surface area (Å²) in [4.78, 5) is 29.3. The fourth-order valence-electron chi connectivity index (χ4n) is 4.66. The van der Waals surface area contributed by atoms with E-state index in [9.17, 15) is 18.0 Å². The molecule has 1 unspecified atom stereocenters. The lowest BCUT2D eigenvalue weighted by Gasteiger charge is -2.34. The van der Waals surface area contributed by atoms with E-state index in [0.717, 1.165) is 15.4 Å². The summed E-state index contributed by atoms with van der Waals surface area (Å²) in [5.74, 6) is -0.916. The maximum atomic E-state index is 14.4. The fraction of sp³-hybridized carbons (Fsp3) is 0.212. The van der Waals surface area contributed by atoms with Crippen molar-refractivity contribution in [3.63, 3.8) is 0 Å². The van der Waals surface area contributed by atoms with E-state index in [1.165, 1.54) is 23.1 Å². The summed E-state index contributed by atoms with van der Waals surface area (Å²) in [6, 6.07) is 28.2. The molecule has 0 aliphatic rings. The van der Waals surface area contributed by atoms with Gasteiger partial charge in [-0.15, -0.1) is 0 Å². The summed E-state index contributed by atoms with van der Waals surface area (Å²) in [7, 11) is -4.20. The van der Waals surface area contributed by atoms with Crippen LogP contribution in [-0.2, 0) is 32.6 Å². The van der Waals surface area contributed by atoms with Crippen LogP contribution in [-0.4, -0.2) is 44.3 Å². The number of halogens is 2. The van der Waals surface area contributed by atoms with Gasteiger partial charge in [-0.2, -0.15) is 0 Å². The summed E-state index contributed by atoms with van der Waals surface area (Å²) in [6.07, 6.45) is 0.223. The van der Waals surface area contributed by atoms with E-state index < -0.39 is 28.5 Å². The molecule has 4 aromatic carbocycles. The first kappa shape index (κ1) is 32.1. The molecule has 10 heteroatoms. The quantitative estimate of drug-likeness (QED) is 0.198. The smallest absolute Gasteiger partial charge is 0.264 e. The van der Waals surface area contributed by atoms with Crippen molar-refractivity contribution >= 4 is 50.7 Å². The molecule has 0 radical (unpaired) electrons. The van der Waals surface area contributed by atoms with Crippen LogP contribution in [0.2, 0.25) is 10.0 Å². The molecule has 7 nitrogen and oxygen atoms in total. The Morgan fingerprint density at radius 1 is 0.837 bits per heavy atom. The Morgan fingerprint density at radius 3 is 2.12 bits per heavy atom. The predicted molar refractivity (Wildman–Crippen MR) is 172 cm³/mol. The van der Waals surface area contributed by atoms with Crippen molar-refractivity contribution < 1.29 is 18.0 Å². The molecule has 4 aromatic rings. The van der Waals surface area contributed by atoms with Gasteiger partial charge in [0, 0.05) is 29.6 Å². The number of amides is 2. The van der Waals surface area contributed by atoms with Crippen LogP contribution in [0, 0.1) is 6.92 Å². The first-order valence-electron chi connectivity index (χ1n) is 13.8. The molecule has 0 aliphatic heterocycles. The van der Waals surface area contributed by atoms with Gasteiger partial charge in [-0.25, -0.2) is 8.42 Å². The molecule has 1 N–H and O–H groups in total. The zero-order valence-corrected chi connectivity index (χ0v) is 26.2. The summed E-state index contributed by atoms with van der Waals surface area (Å²) >= 11 is 12.7. The Kier molecular flexibility index (Phi) is 10.9. The SMILES string of the molecule is CCNC(=O)C(Cc1ccccc1)N(Cc1cccc(Cl)c1)C(=O)CN(c1ccc(C)c(Cl)c1)S(=O)(=O)c1ccccc1. The van der Waals surface area contributed by atoms with Gasteiger partial charge >= 0.3 is 0 Å². The second-order valence-corrected chi connectivity index (χ2v) is 12.7. The number of benzene rings is 4. The van der Waals surface area contributed by atoms with Gasteiger partial charge in [-0.05, 0) is 66.9 Å². The number of nitrogens with zero attached hydrogens (tertiary/aromatic N) is 2. The van der Waals surface area contributed by atoms with Crippen LogP contribution in [0.5, 0.6) is 0 Å². The van der Waals surface area contributed by atoms with Crippen LogP contribution >= 0.6 is 23.2 Å². The Labute approximate surface area is 263 Å². The molecule has 0 saturated heterocycles. The second kappa shape index (κ2) is 14.6. The van der Waals surface area contributed by atoms with Crippen LogP contribution in [0.4, 0.5) is 5.69 Å². The number of nitrogens with one attached hydrogen (secondary N) is 1. The topological polar surface area (TPSA) is 86.8 Å². The molecule has 2 amide bonds. The van der Waals surface area contributed by atoms with Crippen LogP contribution in [0.3, 0.4) is 0 Å². The van der Waals surface area contributed by atoms with Gasteiger partial charge in [0.15, 0.2) is 0 Å². The van der Waals surface area contributed by atoms with Gasteiger partial charge in [-0.3, -0.25) is 13.9 Å². The van der Waals surface area contributed by atoms with E-state index in [-0.39, 0.29) is 29.5 Å². The molecule has 0 spiro atoms. The minimum absolute atomic E-state index is 0.0189. The predicted octanol–water partition coefficient (Wildman–Crippen LogP) is 6.27. The van der Waals surface area contributed by atoms with Crippen molar-refractivity contribution in [1.29, 1.82) is 0 Å². The average molecular weight is 639 g/mol. The first-order chi connectivity index (χ1) is 20.6. The number of anilines is 1. The third-order valence-electron chi connectivity index (χ3n) is 6.92. The van der Waals surface area contributed by atoms with E-state index in [4.69, 9.17) is 23.2 Å². The maximum Gasteiger partial charge on any atom is 0.264 e. The van der Waals surface area contributed by atoms with Crippen LogP contribution in [0.1, 0.15) is 23.6 Å². The van der Waals surface area contributed by atoms with Gasteiger partial charge in [-0.1, -0.05) is 89.9 Å². The summed E-state index contributed by atoms with van der Waals surface area (Å²) < 4.78 is 29.0. The monoisotopic (exact) mass is 637 g/mol. The number of likely N-dealkylation sites (N-methyl/N-ethyl adjacent to an activating group) is 1. The molecule has 0 heterocycles. The molecular formula is C33H33Cl2N3O4S. The summed E-state index contributed by atoms with van der Waals surface area (Å²) in [5, 5.41) is 3.68. The molecule has 224 valence electrons. The minimum Gasteiger partial charge on any atom is -0.355 e. The van der Waals surface area contributed by atoms with Crippen molar-refractivity contribution in [2.75, 3.05) is 17.4 Å². The molecular weight excluding hydrogens is 605 g/mol. The highest BCUT2D eigenvalue weighted by atomic mass is 35.5. The molecule has 0 fully saturated rings. The van der Waals surface area contributed by atoms with Crippen molar-refractivity contribution in [2.24, 2.45) is 0 Å². The van der Waals surface area contributed by atoms with Crippen molar-refractivity contribution in [3.05, 3.63) is 130 Å². The Morgan fingerprint density at radius 2 is 1.49 bits per heavy atom. The normalized spacial score (nSPS) is 11.9. The highest BCUT2D eigenvalue weighted by Gasteiger charge is 2.34. The Bertz CT molecular complexity index is 1670. The van der Waals surface area contributed by atoms with Crippen molar-refractivity contribution in [3.8, 4) is 0 Å². The molecule has 4 rings (SSSR count). The van der Waals surface area contributed by atoms with Gasteiger partial charge in [0.25, 0.3) is 10.0 Å². The van der Waals surface area contributed by atoms with Gasteiger partial charge in [0.05, 0.1) is 10.6 Å².